The fourth-order valence-corrected chi connectivity index (χ4v) is 3.12. The second-order valence-electron chi connectivity index (χ2n) is 5.31. The van der Waals surface area contributed by atoms with Crippen LogP contribution in [0, 0.1) is 0 Å². The molecule has 21 heavy (non-hydrogen) atoms. The van der Waals surface area contributed by atoms with Gasteiger partial charge in [0.25, 0.3) is 0 Å². The molecule has 0 saturated heterocycles. The Morgan fingerprint density at radius 1 is 0.952 bits per heavy atom. The molecule has 4 N–H and O–H groups in total. The van der Waals surface area contributed by atoms with Crippen molar-refractivity contribution < 1.29 is 30.0 Å². The summed E-state index contributed by atoms with van der Waals surface area (Å²) >= 11 is 0. The predicted molar refractivity (Wildman–Crippen MR) is 73.4 cm³/mol. The normalized spacial score (nSPS) is 16.1. The minimum Gasteiger partial charge on any atom is -0.478 e. The molecule has 114 valence electrons. The van der Waals surface area contributed by atoms with E-state index in [1.54, 1.807) is 0 Å². The highest BCUT2D eigenvalue weighted by Gasteiger charge is 2.30. The van der Waals surface area contributed by atoms with E-state index in [2.05, 4.69) is 0 Å². The fourth-order valence-electron chi connectivity index (χ4n) is 3.12. The van der Waals surface area contributed by atoms with Crippen molar-refractivity contribution in [3.63, 3.8) is 0 Å². The molecule has 6 heteroatoms. The molecule has 0 unspecified atom stereocenters. The molecule has 2 rings (SSSR count). The number of aromatic carboxylic acids is 2. The summed E-state index contributed by atoms with van der Waals surface area (Å²) in [6.45, 7) is 0. The van der Waals surface area contributed by atoms with Crippen LogP contribution in [0.25, 0.3) is 0 Å². The molecule has 1 aliphatic carbocycles. The minimum atomic E-state index is -2.01. The van der Waals surface area contributed by atoms with E-state index >= 15 is 0 Å². The minimum absolute atomic E-state index is 0.0463. The summed E-state index contributed by atoms with van der Waals surface area (Å²) in [5, 5.41) is 37.7. The van der Waals surface area contributed by atoms with Crippen LogP contribution < -0.4 is 0 Å². The average Bonchev–Trinajstić information content (AvgIpc) is 2.46. The van der Waals surface area contributed by atoms with Crippen LogP contribution in [0.15, 0.2) is 12.1 Å². The van der Waals surface area contributed by atoms with E-state index < -0.39 is 18.2 Å². The van der Waals surface area contributed by atoms with E-state index in [1.165, 1.54) is 6.07 Å². The zero-order chi connectivity index (χ0) is 15.6. The van der Waals surface area contributed by atoms with E-state index in [9.17, 15) is 30.0 Å². The lowest BCUT2D eigenvalue weighted by atomic mass is 9.78. The van der Waals surface area contributed by atoms with Crippen molar-refractivity contribution in [3.8, 4) is 0 Å². The summed E-state index contributed by atoms with van der Waals surface area (Å²) in [4.78, 5) is 22.7. The fraction of sp³-hybridized carbons (Fsp3) is 0.467. The first-order valence-corrected chi connectivity index (χ1v) is 6.93. The van der Waals surface area contributed by atoms with Gasteiger partial charge in [-0.15, -0.1) is 0 Å². The number of rotatable bonds is 4. The first-order valence-electron chi connectivity index (χ1n) is 6.93. The molecular weight excluding hydrogens is 276 g/mol. The third-order valence-corrected chi connectivity index (χ3v) is 4.02. The third-order valence-electron chi connectivity index (χ3n) is 4.02. The third kappa shape index (κ3) is 3.06. The van der Waals surface area contributed by atoms with Gasteiger partial charge in [-0.2, -0.15) is 0 Å². The molecule has 1 saturated carbocycles. The quantitative estimate of drug-likeness (QED) is 0.632. The number of carboxylic acids is 2. The highest BCUT2D eigenvalue weighted by atomic mass is 16.5. The van der Waals surface area contributed by atoms with Gasteiger partial charge < -0.3 is 20.4 Å². The molecule has 0 aromatic heterocycles. The molecule has 1 aromatic rings. The molecule has 0 atom stereocenters. The maximum atomic E-state index is 11.4. The topological polar surface area (TPSA) is 115 Å². The molecule has 1 aromatic carbocycles. The Hall–Kier alpha value is -1.92. The Kier molecular flexibility index (Phi) is 4.59. The standard InChI is InChI=1S/C15H18O6/c16-13(17)9-6-7-10(14(18)19)12(15(20)21)11(9)8-4-2-1-3-5-8/h6-8,15,20-21H,1-5H2,(H,16,17)(H,18,19). The Morgan fingerprint density at radius 3 is 1.95 bits per heavy atom. The van der Waals surface area contributed by atoms with Crippen LogP contribution in [-0.4, -0.2) is 32.4 Å². The second kappa shape index (κ2) is 6.24. The lowest BCUT2D eigenvalue weighted by Crippen LogP contribution is -2.19. The Bertz CT molecular complexity index is 558. The van der Waals surface area contributed by atoms with Gasteiger partial charge in [0.15, 0.2) is 6.29 Å². The van der Waals surface area contributed by atoms with Crippen molar-refractivity contribution in [1.29, 1.82) is 0 Å². The smallest absolute Gasteiger partial charge is 0.336 e. The van der Waals surface area contributed by atoms with Gasteiger partial charge in [0.05, 0.1) is 11.1 Å². The summed E-state index contributed by atoms with van der Waals surface area (Å²) in [5.74, 6) is -2.64. The first-order chi connectivity index (χ1) is 9.93. The summed E-state index contributed by atoms with van der Waals surface area (Å²) in [6, 6.07) is 2.36. The predicted octanol–water partition coefficient (Wildman–Crippen LogP) is 2.11. The van der Waals surface area contributed by atoms with Gasteiger partial charge in [-0.1, -0.05) is 19.3 Å². The number of aliphatic hydroxyl groups is 2. The van der Waals surface area contributed by atoms with E-state index in [0.29, 0.717) is 0 Å². The number of benzene rings is 1. The maximum absolute atomic E-state index is 11.4. The largest absolute Gasteiger partial charge is 0.478 e. The van der Waals surface area contributed by atoms with Crippen LogP contribution >= 0.6 is 0 Å². The van der Waals surface area contributed by atoms with Gasteiger partial charge in [0, 0.05) is 5.56 Å². The molecular formula is C15H18O6. The van der Waals surface area contributed by atoms with Gasteiger partial charge in [0.2, 0.25) is 0 Å². The van der Waals surface area contributed by atoms with Crippen molar-refractivity contribution in [3.05, 3.63) is 34.4 Å². The first kappa shape index (κ1) is 15.5. The summed E-state index contributed by atoms with van der Waals surface area (Å²) in [5.41, 5.74) is -0.225. The van der Waals surface area contributed by atoms with Gasteiger partial charge >= 0.3 is 11.9 Å². The Balaban J connectivity index is 2.67. The van der Waals surface area contributed by atoms with E-state index in [-0.39, 0.29) is 28.2 Å². The molecule has 1 aliphatic rings. The highest BCUT2D eigenvalue weighted by molar-refractivity contribution is 5.95. The molecule has 0 amide bonds. The van der Waals surface area contributed by atoms with Crippen LogP contribution in [-0.2, 0) is 0 Å². The lowest BCUT2D eigenvalue weighted by molar-refractivity contribution is -0.0442. The molecule has 0 radical (unpaired) electrons. The summed E-state index contributed by atoms with van der Waals surface area (Å²) in [6.07, 6.45) is 2.33. The van der Waals surface area contributed by atoms with Crippen LogP contribution in [0.5, 0.6) is 0 Å². The van der Waals surface area contributed by atoms with Gasteiger partial charge in [-0.05, 0) is 36.5 Å². The van der Waals surface area contributed by atoms with E-state index in [4.69, 9.17) is 0 Å². The van der Waals surface area contributed by atoms with Crippen molar-refractivity contribution in [1.82, 2.24) is 0 Å². The van der Waals surface area contributed by atoms with Crippen LogP contribution in [0.3, 0.4) is 0 Å². The number of carbonyl (C=O) groups is 2. The van der Waals surface area contributed by atoms with Crippen molar-refractivity contribution in [2.75, 3.05) is 0 Å². The zero-order valence-electron chi connectivity index (χ0n) is 11.5. The van der Waals surface area contributed by atoms with Gasteiger partial charge in [-0.3, -0.25) is 0 Å². The molecule has 1 fully saturated rings. The summed E-state index contributed by atoms with van der Waals surface area (Å²) in [7, 11) is 0. The molecule has 0 bridgehead atoms. The zero-order valence-corrected chi connectivity index (χ0v) is 11.5. The molecule has 6 nitrogen and oxygen atoms in total. The van der Waals surface area contributed by atoms with Crippen molar-refractivity contribution in [2.45, 2.75) is 44.3 Å². The van der Waals surface area contributed by atoms with Gasteiger partial charge in [0.1, 0.15) is 0 Å². The highest BCUT2D eigenvalue weighted by Crippen LogP contribution is 2.39. The van der Waals surface area contributed by atoms with Gasteiger partial charge in [-0.25, -0.2) is 9.59 Å². The van der Waals surface area contributed by atoms with Crippen LogP contribution in [0.4, 0.5) is 0 Å². The molecule has 0 spiro atoms. The van der Waals surface area contributed by atoms with Crippen molar-refractivity contribution >= 4 is 11.9 Å². The Labute approximate surface area is 121 Å². The monoisotopic (exact) mass is 294 g/mol. The van der Waals surface area contributed by atoms with E-state index in [1.807, 2.05) is 0 Å². The molecule has 0 heterocycles. The van der Waals surface area contributed by atoms with Crippen molar-refractivity contribution in [2.24, 2.45) is 0 Å². The van der Waals surface area contributed by atoms with E-state index in [0.717, 1.165) is 38.2 Å². The van der Waals surface area contributed by atoms with Crippen LogP contribution in [0.1, 0.15) is 76.2 Å². The SMILES string of the molecule is O=C(O)c1ccc(C(=O)O)c(C2CCCCC2)c1C(O)O. The second-order valence-corrected chi connectivity index (χ2v) is 5.31. The average molecular weight is 294 g/mol. The molecule has 0 aliphatic heterocycles. The number of hydrogen-bond donors (Lipinski definition) is 4. The maximum Gasteiger partial charge on any atom is 0.336 e. The number of hydrogen-bond acceptors (Lipinski definition) is 4. The lowest BCUT2D eigenvalue weighted by Gasteiger charge is -2.27. The number of aliphatic hydroxyl groups excluding tert-OH is 1. The summed E-state index contributed by atoms with van der Waals surface area (Å²) < 4.78 is 0. The van der Waals surface area contributed by atoms with Crippen LogP contribution in [0.2, 0.25) is 0 Å². The Morgan fingerprint density at radius 2 is 1.48 bits per heavy atom. The number of carboxylic acid groups (broad SMARTS) is 2.